The van der Waals surface area contributed by atoms with Crippen LogP contribution in [0.2, 0.25) is 0 Å². The van der Waals surface area contributed by atoms with Crippen molar-refractivity contribution in [2.24, 2.45) is 7.05 Å². The van der Waals surface area contributed by atoms with Crippen molar-refractivity contribution in [3.63, 3.8) is 0 Å². The predicted molar refractivity (Wildman–Crippen MR) is 49.9 cm³/mol. The monoisotopic (exact) mass is 162 g/mol. The molecule has 0 atom stereocenters. The molecule has 12 heavy (non-hydrogen) atoms. The summed E-state index contributed by atoms with van der Waals surface area (Å²) in [5, 5.41) is 0. The number of aromatic nitrogens is 2. The van der Waals surface area contributed by atoms with Gasteiger partial charge in [-0.15, -0.1) is 0 Å². The van der Waals surface area contributed by atoms with Gasteiger partial charge in [-0.05, 0) is 18.9 Å². The molecule has 2 heteroatoms. The molecule has 0 saturated carbocycles. The van der Waals surface area contributed by atoms with Crippen LogP contribution in [0.5, 0.6) is 0 Å². The SMILES string of the molecule is CCc1nc2c(n1C)CCC=C2. The van der Waals surface area contributed by atoms with Gasteiger partial charge in [0.05, 0.1) is 5.69 Å². The normalized spacial score (nSPS) is 14.8. The van der Waals surface area contributed by atoms with Crippen LogP contribution in [0.25, 0.3) is 6.08 Å². The summed E-state index contributed by atoms with van der Waals surface area (Å²) in [6, 6.07) is 0. The molecule has 0 bridgehead atoms. The van der Waals surface area contributed by atoms with E-state index in [1.807, 2.05) is 0 Å². The third-order valence-corrected chi connectivity index (χ3v) is 2.48. The second-order valence-electron chi connectivity index (χ2n) is 3.21. The Bertz CT molecular complexity index is 321. The van der Waals surface area contributed by atoms with Gasteiger partial charge in [0, 0.05) is 19.2 Å². The third-order valence-electron chi connectivity index (χ3n) is 2.48. The van der Waals surface area contributed by atoms with Crippen molar-refractivity contribution in [1.29, 1.82) is 0 Å². The standard InChI is InChI=1S/C10H14N2/c1-3-10-11-8-6-4-5-7-9(8)12(10)2/h4,6H,3,5,7H2,1-2H3. The van der Waals surface area contributed by atoms with Gasteiger partial charge in [0.25, 0.3) is 0 Å². The quantitative estimate of drug-likeness (QED) is 0.617. The molecule has 0 amide bonds. The Kier molecular flexibility index (Phi) is 1.75. The summed E-state index contributed by atoms with van der Waals surface area (Å²) in [5.41, 5.74) is 2.58. The summed E-state index contributed by atoms with van der Waals surface area (Å²) in [5.74, 6) is 1.20. The first-order valence-corrected chi connectivity index (χ1v) is 4.54. The number of hydrogen-bond donors (Lipinski definition) is 0. The van der Waals surface area contributed by atoms with E-state index in [-0.39, 0.29) is 0 Å². The minimum atomic E-state index is 1.03. The van der Waals surface area contributed by atoms with E-state index in [0.717, 1.165) is 19.3 Å². The van der Waals surface area contributed by atoms with E-state index >= 15 is 0 Å². The highest BCUT2D eigenvalue weighted by molar-refractivity contribution is 5.51. The molecule has 1 aliphatic rings. The highest BCUT2D eigenvalue weighted by atomic mass is 15.1. The number of fused-ring (bicyclic) bond motifs is 1. The molecule has 0 aliphatic heterocycles. The molecule has 1 heterocycles. The predicted octanol–water partition coefficient (Wildman–Crippen LogP) is 1.94. The topological polar surface area (TPSA) is 17.8 Å². The molecule has 0 radical (unpaired) electrons. The molecule has 1 aromatic heterocycles. The number of imidazole rings is 1. The highest BCUT2D eigenvalue weighted by Gasteiger charge is 2.12. The first-order valence-electron chi connectivity index (χ1n) is 4.54. The lowest BCUT2D eigenvalue weighted by Crippen LogP contribution is -2.02. The van der Waals surface area contributed by atoms with Crippen molar-refractivity contribution in [2.45, 2.75) is 26.2 Å². The summed E-state index contributed by atoms with van der Waals surface area (Å²) in [6.07, 6.45) is 7.68. The number of allylic oxidation sites excluding steroid dienone is 1. The van der Waals surface area contributed by atoms with Crippen LogP contribution >= 0.6 is 0 Å². The lowest BCUT2D eigenvalue weighted by molar-refractivity contribution is 0.750. The molecule has 2 rings (SSSR count). The lowest BCUT2D eigenvalue weighted by atomic mass is 10.1. The molecule has 0 aromatic carbocycles. The molecule has 0 N–H and O–H groups in total. The Hall–Kier alpha value is -1.05. The van der Waals surface area contributed by atoms with Crippen LogP contribution in [-0.2, 0) is 19.9 Å². The van der Waals surface area contributed by atoms with Crippen LogP contribution in [0, 0.1) is 0 Å². The number of nitrogens with zero attached hydrogens (tertiary/aromatic N) is 2. The van der Waals surface area contributed by atoms with E-state index in [4.69, 9.17) is 0 Å². The van der Waals surface area contributed by atoms with Crippen LogP contribution in [0.4, 0.5) is 0 Å². The zero-order valence-electron chi connectivity index (χ0n) is 7.67. The molecule has 1 aliphatic carbocycles. The molecular formula is C10H14N2. The fourth-order valence-corrected chi connectivity index (χ4v) is 1.77. The lowest BCUT2D eigenvalue weighted by Gasteiger charge is -2.06. The first kappa shape index (κ1) is 7.59. The van der Waals surface area contributed by atoms with Gasteiger partial charge in [-0.25, -0.2) is 4.98 Å². The zero-order valence-corrected chi connectivity index (χ0v) is 7.67. The Morgan fingerprint density at radius 3 is 3.08 bits per heavy atom. The third kappa shape index (κ3) is 0.986. The minimum absolute atomic E-state index is 1.03. The van der Waals surface area contributed by atoms with E-state index in [0.29, 0.717) is 0 Å². The second-order valence-corrected chi connectivity index (χ2v) is 3.21. The average Bonchev–Trinajstić information content (AvgIpc) is 2.44. The van der Waals surface area contributed by atoms with Crippen molar-refractivity contribution in [3.05, 3.63) is 23.3 Å². The summed E-state index contributed by atoms with van der Waals surface area (Å²) < 4.78 is 2.23. The van der Waals surface area contributed by atoms with Gasteiger partial charge in [0.2, 0.25) is 0 Å². The smallest absolute Gasteiger partial charge is 0.109 e. The van der Waals surface area contributed by atoms with E-state index in [9.17, 15) is 0 Å². The van der Waals surface area contributed by atoms with E-state index in [1.165, 1.54) is 17.2 Å². The maximum atomic E-state index is 4.54. The first-order chi connectivity index (χ1) is 5.83. The van der Waals surface area contributed by atoms with Crippen molar-refractivity contribution < 1.29 is 0 Å². The fraction of sp³-hybridized carbons (Fsp3) is 0.500. The fourth-order valence-electron chi connectivity index (χ4n) is 1.77. The molecule has 2 nitrogen and oxygen atoms in total. The van der Waals surface area contributed by atoms with E-state index in [1.54, 1.807) is 0 Å². The Labute approximate surface area is 72.9 Å². The molecule has 0 unspecified atom stereocenters. The van der Waals surface area contributed by atoms with Gasteiger partial charge in [0.15, 0.2) is 0 Å². The van der Waals surface area contributed by atoms with Gasteiger partial charge in [-0.2, -0.15) is 0 Å². The second kappa shape index (κ2) is 2.77. The van der Waals surface area contributed by atoms with Crippen LogP contribution in [0.3, 0.4) is 0 Å². The molecule has 64 valence electrons. The maximum absolute atomic E-state index is 4.54. The Balaban J connectivity index is 2.53. The molecular weight excluding hydrogens is 148 g/mol. The zero-order chi connectivity index (χ0) is 8.55. The Morgan fingerprint density at radius 1 is 1.58 bits per heavy atom. The summed E-state index contributed by atoms with van der Waals surface area (Å²) >= 11 is 0. The highest BCUT2D eigenvalue weighted by Crippen LogP contribution is 2.19. The number of aryl methyl sites for hydroxylation is 1. The van der Waals surface area contributed by atoms with Crippen LogP contribution in [-0.4, -0.2) is 9.55 Å². The summed E-state index contributed by atoms with van der Waals surface area (Å²) in [6.45, 7) is 2.15. The van der Waals surface area contributed by atoms with Crippen LogP contribution in [0.1, 0.15) is 30.6 Å². The van der Waals surface area contributed by atoms with E-state index in [2.05, 4.69) is 35.7 Å². The van der Waals surface area contributed by atoms with E-state index < -0.39 is 0 Å². The van der Waals surface area contributed by atoms with Crippen molar-refractivity contribution in [1.82, 2.24) is 9.55 Å². The number of rotatable bonds is 1. The number of hydrogen-bond acceptors (Lipinski definition) is 1. The van der Waals surface area contributed by atoms with Gasteiger partial charge >= 0.3 is 0 Å². The maximum Gasteiger partial charge on any atom is 0.109 e. The van der Waals surface area contributed by atoms with Crippen molar-refractivity contribution >= 4 is 6.08 Å². The van der Waals surface area contributed by atoms with Crippen LogP contribution in [0.15, 0.2) is 6.08 Å². The van der Waals surface area contributed by atoms with Gasteiger partial charge < -0.3 is 4.57 Å². The van der Waals surface area contributed by atoms with Gasteiger partial charge in [-0.3, -0.25) is 0 Å². The van der Waals surface area contributed by atoms with Crippen molar-refractivity contribution in [2.75, 3.05) is 0 Å². The molecule has 0 saturated heterocycles. The average molecular weight is 162 g/mol. The molecule has 0 spiro atoms. The minimum Gasteiger partial charge on any atom is -0.335 e. The van der Waals surface area contributed by atoms with Crippen molar-refractivity contribution in [3.8, 4) is 0 Å². The summed E-state index contributed by atoms with van der Waals surface area (Å²) in [7, 11) is 2.11. The van der Waals surface area contributed by atoms with Gasteiger partial charge in [0.1, 0.15) is 5.82 Å². The van der Waals surface area contributed by atoms with Gasteiger partial charge in [-0.1, -0.05) is 13.0 Å². The van der Waals surface area contributed by atoms with Crippen LogP contribution < -0.4 is 0 Å². The molecule has 1 aromatic rings. The largest absolute Gasteiger partial charge is 0.335 e. The Morgan fingerprint density at radius 2 is 2.42 bits per heavy atom. The molecule has 0 fully saturated rings. The summed E-state index contributed by atoms with van der Waals surface area (Å²) in [4.78, 5) is 4.54.